The summed E-state index contributed by atoms with van der Waals surface area (Å²) in [6, 6.07) is 20.5. The molecule has 1 N–H and O–H groups in total. The van der Waals surface area contributed by atoms with E-state index in [-0.39, 0.29) is 29.7 Å². The van der Waals surface area contributed by atoms with Gasteiger partial charge in [0.15, 0.2) is 0 Å². The van der Waals surface area contributed by atoms with Crippen LogP contribution in [0.3, 0.4) is 0 Å². The van der Waals surface area contributed by atoms with Gasteiger partial charge in [-0.2, -0.15) is 0 Å². The first-order valence-electron chi connectivity index (χ1n) is 12.4. The van der Waals surface area contributed by atoms with Crippen molar-refractivity contribution in [1.29, 1.82) is 0 Å². The molecule has 6 rings (SSSR count). The number of carbonyl (C=O) groups is 2. The average molecular weight is 501 g/mol. The molecule has 2 saturated heterocycles. The third-order valence-corrected chi connectivity index (χ3v) is 7.24. The summed E-state index contributed by atoms with van der Waals surface area (Å²) in [5, 5.41) is 3.92. The fourth-order valence-corrected chi connectivity index (χ4v) is 5.25. The lowest BCUT2D eigenvalue weighted by Crippen LogP contribution is -2.62. The van der Waals surface area contributed by atoms with E-state index in [0.29, 0.717) is 53.9 Å². The Morgan fingerprint density at radius 2 is 1.49 bits per heavy atom. The molecule has 0 spiro atoms. The molecule has 0 saturated carbocycles. The molecule has 1 aromatic heterocycles. The van der Waals surface area contributed by atoms with E-state index in [4.69, 9.17) is 0 Å². The van der Waals surface area contributed by atoms with Gasteiger partial charge in [0, 0.05) is 66.7 Å². The predicted molar refractivity (Wildman–Crippen MR) is 137 cm³/mol. The van der Waals surface area contributed by atoms with Gasteiger partial charge in [0.1, 0.15) is 11.6 Å². The van der Waals surface area contributed by atoms with Crippen molar-refractivity contribution in [3.05, 3.63) is 102 Å². The number of aromatic nitrogens is 1. The number of nitrogens with zero attached hydrogens (tertiary/aromatic N) is 3. The SMILES string of the molecule is O=C(c1ccc2c(c1)c(F)cn2-c1ccc(F)cc1)N1CC(N[C@H]2CCN(C(=O)c3ccccc3)C2)C1. The normalized spacial score (nSPS) is 17.8. The van der Waals surface area contributed by atoms with Crippen molar-refractivity contribution in [2.24, 2.45) is 0 Å². The standard InChI is InChI=1S/C29H26F2N4O2/c30-21-7-9-24(10-8-21)35-18-26(31)25-14-20(6-11-27(25)35)29(37)34-16-23(17-34)32-22-12-13-33(15-22)28(36)19-4-2-1-3-5-19/h1-11,14,18,22-23,32H,12-13,15-17H2/t22-/m0/s1. The summed E-state index contributed by atoms with van der Waals surface area (Å²) in [6.07, 6.45) is 2.23. The predicted octanol–water partition coefficient (Wildman–Crippen LogP) is 4.24. The molecule has 37 heavy (non-hydrogen) atoms. The number of likely N-dealkylation sites (tertiary alicyclic amines) is 2. The maximum absolute atomic E-state index is 14.7. The summed E-state index contributed by atoms with van der Waals surface area (Å²) in [4.78, 5) is 29.3. The number of hydrogen-bond donors (Lipinski definition) is 1. The smallest absolute Gasteiger partial charge is 0.253 e. The molecule has 4 aromatic rings. The van der Waals surface area contributed by atoms with Crippen LogP contribution in [0.25, 0.3) is 16.6 Å². The third-order valence-electron chi connectivity index (χ3n) is 7.24. The number of fused-ring (bicyclic) bond motifs is 1. The topological polar surface area (TPSA) is 57.6 Å². The Bertz CT molecular complexity index is 1460. The lowest BCUT2D eigenvalue weighted by Gasteiger charge is -2.41. The Labute approximate surface area is 213 Å². The van der Waals surface area contributed by atoms with E-state index in [0.717, 1.165) is 6.42 Å². The zero-order valence-corrected chi connectivity index (χ0v) is 20.1. The zero-order chi connectivity index (χ0) is 25.5. The molecule has 8 heteroatoms. The highest BCUT2D eigenvalue weighted by molar-refractivity contribution is 5.99. The number of hydrogen-bond acceptors (Lipinski definition) is 3. The summed E-state index contributed by atoms with van der Waals surface area (Å²) in [5.41, 5.74) is 2.38. The van der Waals surface area contributed by atoms with Crippen LogP contribution in [0.1, 0.15) is 27.1 Å². The van der Waals surface area contributed by atoms with Crippen molar-refractivity contribution in [3.8, 4) is 5.69 Å². The largest absolute Gasteiger partial charge is 0.337 e. The molecular weight excluding hydrogens is 474 g/mol. The van der Waals surface area contributed by atoms with Crippen LogP contribution in [0.4, 0.5) is 8.78 Å². The summed E-state index contributed by atoms with van der Waals surface area (Å²) in [6.45, 7) is 2.50. The highest BCUT2D eigenvalue weighted by Gasteiger charge is 2.35. The highest BCUT2D eigenvalue weighted by Crippen LogP contribution is 2.27. The second kappa shape index (κ2) is 9.44. The van der Waals surface area contributed by atoms with Crippen molar-refractivity contribution in [2.75, 3.05) is 26.2 Å². The van der Waals surface area contributed by atoms with Gasteiger partial charge in [-0.3, -0.25) is 9.59 Å². The summed E-state index contributed by atoms with van der Waals surface area (Å²) >= 11 is 0. The highest BCUT2D eigenvalue weighted by atomic mass is 19.1. The van der Waals surface area contributed by atoms with Crippen LogP contribution in [-0.4, -0.2) is 64.4 Å². The van der Waals surface area contributed by atoms with E-state index < -0.39 is 5.82 Å². The number of nitrogens with one attached hydrogen (secondary N) is 1. The fraction of sp³-hybridized carbons (Fsp3) is 0.241. The Balaban J connectivity index is 1.06. The van der Waals surface area contributed by atoms with Crippen LogP contribution < -0.4 is 5.32 Å². The molecule has 2 aliphatic heterocycles. The molecule has 6 nitrogen and oxygen atoms in total. The van der Waals surface area contributed by atoms with Crippen LogP contribution in [0.5, 0.6) is 0 Å². The number of carbonyl (C=O) groups excluding carboxylic acids is 2. The maximum atomic E-state index is 14.7. The van der Waals surface area contributed by atoms with E-state index >= 15 is 0 Å². The lowest BCUT2D eigenvalue weighted by atomic mass is 10.0. The molecule has 0 unspecified atom stereocenters. The molecule has 0 bridgehead atoms. The average Bonchev–Trinajstić information content (AvgIpc) is 3.50. The van der Waals surface area contributed by atoms with E-state index in [1.165, 1.54) is 18.3 Å². The Hall–Kier alpha value is -4.04. The van der Waals surface area contributed by atoms with E-state index in [1.54, 1.807) is 39.8 Å². The quantitative estimate of drug-likeness (QED) is 0.446. The molecule has 3 heterocycles. The zero-order valence-electron chi connectivity index (χ0n) is 20.1. The number of halogens is 2. The molecule has 0 radical (unpaired) electrons. The molecular formula is C29H26F2N4O2. The van der Waals surface area contributed by atoms with Gasteiger partial charge in [0.05, 0.1) is 5.52 Å². The minimum atomic E-state index is -0.437. The number of amides is 2. The van der Waals surface area contributed by atoms with Gasteiger partial charge in [-0.05, 0) is 61.0 Å². The molecule has 1 atom stereocenters. The summed E-state index contributed by atoms with van der Waals surface area (Å²) in [7, 11) is 0. The van der Waals surface area contributed by atoms with Crippen molar-refractivity contribution >= 4 is 22.7 Å². The van der Waals surface area contributed by atoms with E-state index in [2.05, 4.69) is 5.32 Å². The second-order valence-corrected chi connectivity index (χ2v) is 9.73. The van der Waals surface area contributed by atoms with Gasteiger partial charge < -0.3 is 19.7 Å². The molecule has 3 aromatic carbocycles. The first-order chi connectivity index (χ1) is 18.0. The van der Waals surface area contributed by atoms with Crippen molar-refractivity contribution in [1.82, 2.24) is 19.7 Å². The van der Waals surface area contributed by atoms with Crippen LogP contribution in [0, 0.1) is 11.6 Å². The first kappa shape index (κ1) is 23.4. The van der Waals surface area contributed by atoms with Gasteiger partial charge in [-0.25, -0.2) is 8.78 Å². The number of rotatable bonds is 5. The van der Waals surface area contributed by atoms with Crippen LogP contribution in [0.2, 0.25) is 0 Å². The van der Waals surface area contributed by atoms with Crippen molar-refractivity contribution in [2.45, 2.75) is 18.5 Å². The van der Waals surface area contributed by atoms with Crippen LogP contribution in [0.15, 0.2) is 79.0 Å². The minimum absolute atomic E-state index is 0.0474. The van der Waals surface area contributed by atoms with Gasteiger partial charge in [-0.15, -0.1) is 0 Å². The van der Waals surface area contributed by atoms with E-state index in [9.17, 15) is 18.4 Å². The first-order valence-corrected chi connectivity index (χ1v) is 12.4. The molecule has 2 amide bonds. The van der Waals surface area contributed by atoms with Crippen LogP contribution in [-0.2, 0) is 0 Å². The molecule has 2 fully saturated rings. The Kier molecular flexibility index (Phi) is 5.96. The molecule has 188 valence electrons. The van der Waals surface area contributed by atoms with Crippen molar-refractivity contribution in [3.63, 3.8) is 0 Å². The fourth-order valence-electron chi connectivity index (χ4n) is 5.25. The van der Waals surface area contributed by atoms with Crippen LogP contribution >= 0.6 is 0 Å². The molecule has 2 aliphatic rings. The summed E-state index contributed by atoms with van der Waals surface area (Å²) < 4.78 is 29.7. The number of benzene rings is 3. The Morgan fingerprint density at radius 1 is 0.784 bits per heavy atom. The minimum Gasteiger partial charge on any atom is -0.337 e. The second-order valence-electron chi connectivity index (χ2n) is 9.73. The maximum Gasteiger partial charge on any atom is 0.253 e. The summed E-state index contributed by atoms with van der Waals surface area (Å²) in [5.74, 6) is -0.887. The van der Waals surface area contributed by atoms with Gasteiger partial charge >= 0.3 is 0 Å². The monoisotopic (exact) mass is 500 g/mol. The molecule has 0 aliphatic carbocycles. The van der Waals surface area contributed by atoms with Gasteiger partial charge in [0.25, 0.3) is 11.8 Å². The third kappa shape index (κ3) is 4.49. The van der Waals surface area contributed by atoms with Crippen molar-refractivity contribution < 1.29 is 18.4 Å². The van der Waals surface area contributed by atoms with Gasteiger partial charge in [-0.1, -0.05) is 18.2 Å². The van der Waals surface area contributed by atoms with E-state index in [1.807, 2.05) is 35.2 Å². The van der Waals surface area contributed by atoms with Gasteiger partial charge in [0.2, 0.25) is 0 Å². The lowest BCUT2D eigenvalue weighted by molar-refractivity contribution is 0.0553. The Morgan fingerprint density at radius 3 is 2.24 bits per heavy atom.